The summed E-state index contributed by atoms with van der Waals surface area (Å²) in [5.41, 5.74) is 5.56. The average Bonchev–Trinajstić information content (AvgIpc) is 2.16. The Morgan fingerprint density at radius 2 is 2.50 bits per heavy atom. The van der Waals surface area contributed by atoms with Gasteiger partial charge in [0.25, 0.3) is 0 Å². The second-order valence-corrected chi connectivity index (χ2v) is 3.48. The van der Waals surface area contributed by atoms with Crippen LogP contribution in [0, 0.1) is 0 Å². The Morgan fingerprint density at radius 1 is 1.67 bits per heavy atom. The molecule has 1 aromatic heterocycles. The molecule has 1 rings (SSSR count). The zero-order chi connectivity index (χ0) is 8.81. The topological polar surface area (TPSA) is 38.9 Å². The van der Waals surface area contributed by atoms with Crippen molar-refractivity contribution >= 4 is 29.3 Å². The fourth-order valence-corrected chi connectivity index (χ4v) is 1.57. The third-order valence-corrected chi connectivity index (χ3v) is 2.57. The van der Waals surface area contributed by atoms with Crippen LogP contribution in [0.5, 0.6) is 0 Å². The minimum absolute atomic E-state index is 0.146. The SMILES string of the molecule is NC([C]=S)CSc1ccccn1. The van der Waals surface area contributed by atoms with Crippen LogP contribution in [0.3, 0.4) is 0 Å². The van der Waals surface area contributed by atoms with Crippen LogP contribution in [0.25, 0.3) is 0 Å². The number of hydrogen-bond acceptors (Lipinski definition) is 4. The van der Waals surface area contributed by atoms with Crippen LogP contribution >= 0.6 is 24.0 Å². The van der Waals surface area contributed by atoms with Crippen LogP contribution in [0.4, 0.5) is 0 Å². The van der Waals surface area contributed by atoms with E-state index in [9.17, 15) is 0 Å². The van der Waals surface area contributed by atoms with Gasteiger partial charge in [-0.25, -0.2) is 4.98 Å². The predicted octanol–water partition coefficient (Wildman–Crippen LogP) is 1.38. The van der Waals surface area contributed by atoms with Crippen LogP contribution in [-0.2, 0) is 0 Å². The summed E-state index contributed by atoms with van der Waals surface area (Å²) < 4.78 is 0. The van der Waals surface area contributed by atoms with Gasteiger partial charge in [0.1, 0.15) is 0 Å². The van der Waals surface area contributed by atoms with E-state index >= 15 is 0 Å². The number of rotatable bonds is 4. The first-order valence-corrected chi connectivity index (χ1v) is 4.89. The van der Waals surface area contributed by atoms with Crippen molar-refractivity contribution in [3.63, 3.8) is 0 Å². The third-order valence-electron chi connectivity index (χ3n) is 1.20. The molecule has 0 amide bonds. The second kappa shape index (κ2) is 5.24. The van der Waals surface area contributed by atoms with Crippen molar-refractivity contribution in [2.45, 2.75) is 11.1 Å². The number of thiocarbonyl (C=S) groups is 1. The molecule has 2 nitrogen and oxygen atoms in total. The lowest BCUT2D eigenvalue weighted by Gasteiger charge is -2.02. The van der Waals surface area contributed by atoms with Crippen molar-refractivity contribution in [3.05, 3.63) is 24.4 Å². The van der Waals surface area contributed by atoms with E-state index in [1.54, 1.807) is 18.0 Å². The molecule has 1 atom stereocenters. The average molecular weight is 197 g/mol. The highest BCUT2D eigenvalue weighted by atomic mass is 32.2. The summed E-state index contributed by atoms with van der Waals surface area (Å²) in [7, 11) is 0. The van der Waals surface area contributed by atoms with Crippen LogP contribution in [0.2, 0.25) is 0 Å². The van der Waals surface area contributed by atoms with Crippen molar-refractivity contribution < 1.29 is 0 Å². The van der Waals surface area contributed by atoms with Crippen molar-refractivity contribution in [2.75, 3.05) is 5.75 Å². The molecule has 0 saturated carbocycles. The first-order chi connectivity index (χ1) is 5.83. The van der Waals surface area contributed by atoms with Crippen LogP contribution in [-0.4, -0.2) is 22.1 Å². The maximum atomic E-state index is 5.56. The Bertz CT molecular complexity index is 238. The standard InChI is InChI=1S/C8H9N2S2/c9-7(5-11)6-12-8-3-1-2-4-10-8/h1-4,7H,6,9H2. The van der Waals surface area contributed by atoms with Gasteiger partial charge in [-0.15, -0.1) is 11.8 Å². The summed E-state index contributed by atoms with van der Waals surface area (Å²) >= 11 is 6.17. The Balaban J connectivity index is 2.38. The molecule has 12 heavy (non-hydrogen) atoms. The van der Waals surface area contributed by atoms with E-state index in [-0.39, 0.29) is 6.04 Å². The normalized spacial score (nSPS) is 12.4. The Labute approximate surface area is 81.6 Å². The summed E-state index contributed by atoms with van der Waals surface area (Å²) in [5, 5.41) is 3.52. The lowest BCUT2D eigenvalue weighted by atomic mass is 10.4. The van der Waals surface area contributed by atoms with Gasteiger partial charge in [-0.2, -0.15) is 0 Å². The molecular formula is C8H9N2S2. The minimum Gasteiger partial charge on any atom is -0.323 e. The van der Waals surface area contributed by atoms with Gasteiger partial charge >= 0.3 is 0 Å². The van der Waals surface area contributed by atoms with Gasteiger partial charge in [0.05, 0.1) is 11.1 Å². The zero-order valence-corrected chi connectivity index (χ0v) is 8.07. The van der Waals surface area contributed by atoms with Gasteiger partial charge < -0.3 is 5.73 Å². The summed E-state index contributed by atoms with van der Waals surface area (Å²) in [6.45, 7) is 0. The molecule has 4 heteroatoms. The van der Waals surface area contributed by atoms with Crippen LogP contribution < -0.4 is 5.73 Å². The number of pyridine rings is 1. The highest BCUT2D eigenvalue weighted by molar-refractivity contribution is 7.99. The lowest BCUT2D eigenvalue weighted by Crippen LogP contribution is -2.23. The van der Waals surface area contributed by atoms with Crippen LogP contribution in [0.15, 0.2) is 29.4 Å². The zero-order valence-electron chi connectivity index (χ0n) is 6.43. The van der Waals surface area contributed by atoms with Crippen molar-refractivity contribution in [3.8, 4) is 0 Å². The van der Waals surface area contributed by atoms with Gasteiger partial charge in [-0.3, -0.25) is 0 Å². The molecule has 1 radical (unpaired) electrons. The molecule has 1 heterocycles. The third kappa shape index (κ3) is 3.30. The van der Waals surface area contributed by atoms with Gasteiger partial charge in [-0.1, -0.05) is 18.3 Å². The maximum Gasteiger partial charge on any atom is 0.0960 e. The highest BCUT2D eigenvalue weighted by Crippen LogP contribution is 2.13. The fourth-order valence-electron chi connectivity index (χ4n) is 0.642. The predicted molar refractivity (Wildman–Crippen MR) is 55.5 cm³/mol. The molecule has 63 valence electrons. The molecule has 0 aliphatic rings. The Morgan fingerprint density at radius 3 is 3.08 bits per heavy atom. The Hall–Kier alpha value is -0.450. The molecule has 0 aliphatic heterocycles. The first kappa shape index (κ1) is 9.64. The second-order valence-electron chi connectivity index (χ2n) is 2.20. The number of thioether (sulfide) groups is 1. The molecule has 0 aromatic carbocycles. The molecule has 0 fully saturated rings. The van der Waals surface area contributed by atoms with E-state index in [1.807, 2.05) is 18.2 Å². The van der Waals surface area contributed by atoms with Crippen molar-refractivity contribution in [2.24, 2.45) is 5.73 Å². The van der Waals surface area contributed by atoms with Gasteiger partial charge in [0.15, 0.2) is 0 Å². The smallest absolute Gasteiger partial charge is 0.0960 e. The van der Waals surface area contributed by atoms with E-state index in [2.05, 4.69) is 22.6 Å². The summed E-state index contributed by atoms with van der Waals surface area (Å²) in [4.78, 5) is 4.13. The molecule has 1 unspecified atom stereocenters. The van der Waals surface area contributed by atoms with Crippen molar-refractivity contribution in [1.82, 2.24) is 4.98 Å². The quantitative estimate of drug-likeness (QED) is 0.584. The molecule has 0 bridgehead atoms. The summed E-state index contributed by atoms with van der Waals surface area (Å²) in [5.74, 6) is 0.737. The maximum absolute atomic E-state index is 5.56. The Kier molecular flexibility index (Phi) is 4.21. The largest absolute Gasteiger partial charge is 0.323 e. The highest BCUT2D eigenvalue weighted by Gasteiger charge is 1.99. The molecule has 0 spiro atoms. The van der Waals surface area contributed by atoms with Gasteiger partial charge in [0, 0.05) is 17.3 Å². The first-order valence-electron chi connectivity index (χ1n) is 3.50. The minimum atomic E-state index is -0.146. The van der Waals surface area contributed by atoms with Crippen LogP contribution in [0.1, 0.15) is 0 Å². The van der Waals surface area contributed by atoms with E-state index in [4.69, 9.17) is 5.73 Å². The molecule has 0 aliphatic carbocycles. The summed E-state index contributed by atoms with van der Waals surface area (Å²) in [6, 6.07) is 5.63. The molecule has 0 saturated heterocycles. The number of hydrogen-bond donors (Lipinski definition) is 1. The lowest BCUT2D eigenvalue weighted by molar-refractivity contribution is 1.02. The van der Waals surface area contributed by atoms with E-state index in [0.717, 1.165) is 10.8 Å². The molecule has 2 N–H and O–H groups in total. The van der Waals surface area contributed by atoms with E-state index in [0.29, 0.717) is 0 Å². The van der Waals surface area contributed by atoms with Crippen molar-refractivity contribution in [1.29, 1.82) is 0 Å². The van der Waals surface area contributed by atoms with Gasteiger partial charge in [-0.05, 0) is 12.1 Å². The number of aromatic nitrogens is 1. The number of nitrogens with zero attached hydrogens (tertiary/aromatic N) is 1. The van der Waals surface area contributed by atoms with E-state index in [1.165, 1.54) is 0 Å². The molecular weight excluding hydrogens is 188 g/mol. The molecule has 1 aromatic rings. The fraction of sp³-hybridized carbons (Fsp3) is 0.250. The summed E-state index contributed by atoms with van der Waals surface area (Å²) in [6.07, 6.45) is 1.76. The number of nitrogens with two attached hydrogens (primary N) is 1. The van der Waals surface area contributed by atoms with Gasteiger partial charge in [0.2, 0.25) is 0 Å². The monoisotopic (exact) mass is 197 g/mol. The van der Waals surface area contributed by atoms with E-state index < -0.39 is 0 Å².